The van der Waals surface area contributed by atoms with Gasteiger partial charge in [0.25, 0.3) is 0 Å². The van der Waals surface area contributed by atoms with Gasteiger partial charge in [-0.05, 0) is 42.8 Å². The number of ether oxygens (including phenoxy) is 1. The molecular weight excluding hydrogens is 324 g/mol. The highest BCUT2D eigenvalue weighted by Crippen LogP contribution is 2.24. The molecule has 0 amide bonds. The zero-order chi connectivity index (χ0) is 16.8. The van der Waals surface area contributed by atoms with E-state index in [1.165, 1.54) is 0 Å². The molecule has 0 aliphatic heterocycles. The van der Waals surface area contributed by atoms with Gasteiger partial charge in [-0.2, -0.15) is 4.98 Å². The van der Waals surface area contributed by atoms with Gasteiger partial charge in [0, 0.05) is 36.4 Å². The van der Waals surface area contributed by atoms with E-state index in [0.717, 1.165) is 35.4 Å². The fraction of sp³-hybridized carbons (Fsp3) is 0.222. The Hall–Kier alpha value is -2.37. The molecule has 0 atom stereocenters. The number of para-hydroxylation sites is 1. The molecule has 0 aliphatic rings. The van der Waals surface area contributed by atoms with Crippen molar-refractivity contribution >= 4 is 40.0 Å². The van der Waals surface area contributed by atoms with E-state index >= 15 is 0 Å². The second-order valence-corrected chi connectivity index (χ2v) is 5.75. The predicted octanol–water partition coefficient (Wildman–Crippen LogP) is 4.48. The van der Waals surface area contributed by atoms with Crippen LogP contribution in [0.15, 0.2) is 48.5 Å². The van der Waals surface area contributed by atoms with E-state index in [0.29, 0.717) is 17.6 Å². The van der Waals surface area contributed by atoms with Crippen LogP contribution in [0, 0.1) is 0 Å². The summed E-state index contributed by atoms with van der Waals surface area (Å²) in [6.45, 7) is 1.50. The van der Waals surface area contributed by atoms with E-state index in [2.05, 4.69) is 20.6 Å². The highest BCUT2D eigenvalue weighted by atomic mass is 35.5. The molecular formula is C18H19ClN4O. The van der Waals surface area contributed by atoms with Crippen molar-refractivity contribution in [3.8, 4) is 0 Å². The topological polar surface area (TPSA) is 59.1 Å². The summed E-state index contributed by atoms with van der Waals surface area (Å²) in [4.78, 5) is 9.19. The third kappa shape index (κ3) is 4.13. The molecule has 0 aliphatic carbocycles. The van der Waals surface area contributed by atoms with Crippen LogP contribution in [0.4, 0.5) is 17.5 Å². The normalized spacial score (nSPS) is 10.8. The predicted molar refractivity (Wildman–Crippen MR) is 99.3 cm³/mol. The molecule has 0 unspecified atom stereocenters. The van der Waals surface area contributed by atoms with Gasteiger partial charge in [-0.3, -0.25) is 0 Å². The van der Waals surface area contributed by atoms with Crippen LogP contribution in [0.25, 0.3) is 10.9 Å². The van der Waals surface area contributed by atoms with Gasteiger partial charge in [0.2, 0.25) is 5.95 Å². The number of rotatable bonds is 7. The van der Waals surface area contributed by atoms with Gasteiger partial charge >= 0.3 is 0 Å². The summed E-state index contributed by atoms with van der Waals surface area (Å²) < 4.78 is 5.08. The number of anilines is 3. The average molecular weight is 343 g/mol. The fourth-order valence-corrected chi connectivity index (χ4v) is 2.48. The summed E-state index contributed by atoms with van der Waals surface area (Å²) in [7, 11) is 1.70. The maximum absolute atomic E-state index is 5.92. The molecule has 0 radical (unpaired) electrons. The molecule has 6 heteroatoms. The number of methoxy groups -OCH3 is 1. The first-order valence-corrected chi connectivity index (χ1v) is 8.16. The number of benzene rings is 2. The first kappa shape index (κ1) is 16.5. The zero-order valence-electron chi connectivity index (χ0n) is 13.4. The van der Waals surface area contributed by atoms with E-state index in [4.69, 9.17) is 16.3 Å². The SMILES string of the molecule is COCCCNc1nc(Nc2ccc(Cl)cc2)nc2ccccc12. The number of nitrogens with zero attached hydrogens (tertiary/aromatic N) is 2. The number of hydrogen-bond acceptors (Lipinski definition) is 5. The van der Waals surface area contributed by atoms with Gasteiger partial charge in [0.05, 0.1) is 5.52 Å². The smallest absolute Gasteiger partial charge is 0.229 e. The van der Waals surface area contributed by atoms with Gasteiger partial charge in [-0.1, -0.05) is 23.7 Å². The molecule has 0 bridgehead atoms. The Morgan fingerprint density at radius 1 is 1.04 bits per heavy atom. The van der Waals surface area contributed by atoms with Crippen LogP contribution in [0.5, 0.6) is 0 Å². The van der Waals surface area contributed by atoms with Crippen molar-refractivity contribution in [1.29, 1.82) is 0 Å². The standard InChI is InChI=1S/C18H19ClN4O/c1-24-12-4-11-20-17-15-5-2-3-6-16(15)22-18(23-17)21-14-9-7-13(19)8-10-14/h2-3,5-10H,4,11-12H2,1H3,(H2,20,21,22,23). The minimum atomic E-state index is 0.547. The number of hydrogen-bond donors (Lipinski definition) is 2. The van der Waals surface area contributed by atoms with E-state index in [1.54, 1.807) is 7.11 Å². The second-order valence-electron chi connectivity index (χ2n) is 5.32. The Kier molecular flexibility index (Phi) is 5.46. The van der Waals surface area contributed by atoms with E-state index in [1.807, 2.05) is 48.5 Å². The Morgan fingerprint density at radius 3 is 2.62 bits per heavy atom. The minimum absolute atomic E-state index is 0.547. The Bertz CT molecular complexity index is 808. The van der Waals surface area contributed by atoms with Crippen molar-refractivity contribution in [3.63, 3.8) is 0 Å². The molecule has 1 aromatic heterocycles. The largest absolute Gasteiger partial charge is 0.385 e. The van der Waals surface area contributed by atoms with Crippen LogP contribution in [-0.2, 0) is 4.74 Å². The molecule has 3 aromatic rings. The lowest BCUT2D eigenvalue weighted by Gasteiger charge is -2.12. The molecule has 0 spiro atoms. The van der Waals surface area contributed by atoms with Gasteiger partial charge in [0.15, 0.2) is 0 Å². The molecule has 3 rings (SSSR count). The van der Waals surface area contributed by atoms with E-state index in [9.17, 15) is 0 Å². The van der Waals surface area contributed by atoms with Gasteiger partial charge in [-0.25, -0.2) is 4.98 Å². The minimum Gasteiger partial charge on any atom is -0.385 e. The molecule has 2 aromatic carbocycles. The molecule has 124 valence electrons. The van der Waals surface area contributed by atoms with Crippen LogP contribution in [0.3, 0.4) is 0 Å². The fourth-order valence-electron chi connectivity index (χ4n) is 2.35. The summed E-state index contributed by atoms with van der Waals surface area (Å²) >= 11 is 5.92. The number of halogens is 1. The summed E-state index contributed by atoms with van der Waals surface area (Å²) in [5, 5.41) is 8.28. The van der Waals surface area contributed by atoms with E-state index < -0.39 is 0 Å². The Balaban J connectivity index is 1.86. The third-order valence-corrected chi connectivity index (χ3v) is 3.77. The van der Waals surface area contributed by atoms with Crippen molar-refractivity contribution in [2.45, 2.75) is 6.42 Å². The maximum atomic E-state index is 5.92. The maximum Gasteiger partial charge on any atom is 0.229 e. The van der Waals surface area contributed by atoms with Crippen molar-refractivity contribution in [2.24, 2.45) is 0 Å². The number of fused-ring (bicyclic) bond motifs is 1. The molecule has 0 saturated carbocycles. The highest BCUT2D eigenvalue weighted by molar-refractivity contribution is 6.30. The third-order valence-electron chi connectivity index (χ3n) is 3.52. The molecule has 0 fully saturated rings. The molecule has 1 heterocycles. The monoisotopic (exact) mass is 342 g/mol. The summed E-state index contributed by atoms with van der Waals surface area (Å²) in [6.07, 6.45) is 0.911. The summed E-state index contributed by atoms with van der Waals surface area (Å²) in [6, 6.07) is 15.4. The lowest BCUT2D eigenvalue weighted by Crippen LogP contribution is -2.08. The quantitative estimate of drug-likeness (QED) is 0.620. The van der Waals surface area contributed by atoms with Crippen molar-refractivity contribution < 1.29 is 4.74 Å². The molecule has 2 N–H and O–H groups in total. The Labute approximate surface area is 146 Å². The van der Waals surface area contributed by atoms with Crippen LogP contribution in [0.1, 0.15) is 6.42 Å². The van der Waals surface area contributed by atoms with Crippen molar-refractivity contribution in [1.82, 2.24) is 9.97 Å². The Morgan fingerprint density at radius 2 is 1.83 bits per heavy atom. The highest BCUT2D eigenvalue weighted by Gasteiger charge is 2.07. The summed E-state index contributed by atoms with van der Waals surface area (Å²) in [5.74, 6) is 1.36. The van der Waals surface area contributed by atoms with Crippen LogP contribution >= 0.6 is 11.6 Å². The first-order chi connectivity index (χ1) is 11.8. The van der Waals surface area contributed by atoms with Gasteiger partial charge < -0.3 is 15.4 Å². The molecule has 5 nitrogen and oxygen atoms in total. The first-order valence-electron chi connectivity index (χ1n) is 7.78. The molecule has 24 heavy (non-hydrogen) atoms. The van der Waals surface area contributed by atoms with Gasteiger partial charge in [-0.15, -0.1) is 0 Å². The lowest BCUT2D eigenvalue weighted by molar-refractivity contribution is 0.198. The number of nitrogens with one attached hydrogen (secondary N) is 2. The summed E-state index contributed by atoms with van der Waals surface area (Å²) in [5.41, 5.74) is 1.78. The molecule has 0 saturated heterocycles. The van der Waals surface area contributed by atoms with E-state index in [-0.39, 0.29) is 0 Å². The lowest BCUT2D eigenvalue weighted by atomic mass is 10.2. The number of aromatic nitrogens is 2. The van der Waals surface area contributed by atoms with Crippen molar-refractivity contribution in [3.05, 3.63) is 53.6 Å². The van der Waals surface area contributed by atoms with Crippen LogP contribution < -0.4 is 10.6 Å². The zero-order valence-corrected chi connectivity index (χ0v) is 14.2. The second kappa shape index (κ2) is 7.95. The average Bonchev–Trinajstić information content (AvgIpc) is 2.60. The van der Waals surface area contributed by atoms with Gasteiger partial charge in [0.1, 0.15) is 5.82 Å². The van der Waals surface area contributed by atoms with Crippen LogP contribution in [-0.4, -0.2) is 30.2 Å². The van der Waals surface area contributed by atoms with Crippen molar-refractivity contribution in [2.75, 3.05) is 30.9 Å². The van der Waals surface area contributed by atoms with Crippen LogP contribution in [0.2, 0.25) is 5.02 Å².